The van der Waals surface area contributed by atoms with Crippen molar-refractivity contribution in [2.24, 2.45) is 0 Å². The summed E-state index contributed by atoms with van der Waals surface area (Å²) in [6.45, 7) is 1.85. The van der Waals surface area contributed by atoms with Crippen molar-refractivity contribution in [2.45, 2.75) is 24.1 Å². The number of rotatable bonds is 11. The summed E-state index contributed by atoms with van der Waals surface area (Å²) >= 11 is 1.51. The van der Waals surface area contributed by atoms with Crippen LogP contribution in [0.5, 0.6) is 11.5 Å². The normalized spacial score (nSPS) is 12.0. The summed E-state index contributed by atoms with van der Waals surface area (Å²) in [5.41, 5.74) is 3.29. The summed E-state index contributed by atoms with van der Waals surface area (Å²) in [5.74, 6) is -1.96. The van der Waals surface area contributed by atoms with Crippen molar-refractivity contribution >= 4 is 17.7 Å². The molecule has 0 saturated heterocycles. The molecule has 1 unspecified atom stereocenters. The molecule has 212 valence electrons. The van der Waals surface area contributed by atoms with Crippen molar-refractivity contribution in [3.63, 3.8) is 0 Å². The number of thioether (sulfide) groups is 1. The third-order valence-corrected chi connectivity index (χ3v) is 8.67. The van der Waals surface area contributed by atoms with Crippen molar-refractivity contribution in [3.8, 4) is 11.5 Å². The number of para-hydroxylation sites is 1. The van der Waals surface area contributed by atoms with Crippen LogP contribution in [0.2, 0.25) is 0 Å². The van der Waals surface area contributed by atoms with E-state index in [9.17, 15) is 9.18 Å². The lowest BCUT2D eigenvalue weighted by atomic mass is 9.84. The fourth-order valence-corrected chi connectivity index (χ4v) is 6.43. The van der Waals surface area contributed by atoms with Gasteiger partial charge in [-0.15, -0.1) is 11.8 Å². The highest BCUT2D eigenvalue weighted by atomic mass is 32.2. The number of amides is 1. The molecule has 0 saturated carbocycles. The van der Waals surface area contributed by atoms with E-state index in [1.165, 1.54) is 23.9 Å². The lowest BCUT2D eigenvalue weighted by Crippen LogP contribution is -2.33. The van der Waals surface area contributed by atoms with E-state index in [1.54, 1.807) is 30.3 Å². The molecule has 0 aliphatic heterocycles. The van der Waals surface area contributed by atoms with Gasteiger partial charge in [-0.25, -0.2) is 8.78 Å². The predicted octanol–water partition coefficient (Wildman–Crippen LogP) is 9.05. The second kappa shape index (κ2) is 13.5. The van der Waals surface area contributed by atoms with Crippen molar-refractivity contribution in [3.05, 3.63) is 167 Å². The maximum atomic E-state index is 15.6. The van der Waals surface area contributed by atoms with E-state index >= 15 is 4.39 Å². The van der Waals surface area contributed by atoms with E-state index < -0.39 is 28.2 Å². The fraction of sp³-hybridized carbons (Fsp3) is 0.139. The van der Waals surface area contributed by atoms with Crippen LogP contribution in [0.3, 0.4) is 0 Å². The van der Waals surface area contributed by atoms with Crippen LogP contribution in [0.25, 0.3) is 0 Å². The Labute approximate surface area is 249 Å². The van der Waals surface area contributed by atoms with Gasteiger partial charge in [0.05, 0.1) is 16.5 Å². The monoisotopic (exact) mass is 579 g/mol. The number of ether oxygens (including phenoxy) is 1. The van der Waals surface area contributed by atoms with Crippen molar-refractivity contribution in [2.75, 3.05) is 5.75 Å². The summed E-state index contributed by atoms with van der Waals surface area (Å²) < 4.78 is 35.1. The van der Waals surface area contributed by atoms with Crippen LogP contribution < -0.4 is 10.1 Å². The lowest BCUT2D eigenvalue weighted by Gasteiger charge is -2.35. The van der Waals surface area contributed by atoms with Gasteiger partial charge in [0.1, 0.15) is 5.75 Å². The van der Waals surface area contributed by atoms with Crippen LogP contribution >= 0.6 is 11.8 Å². The van der Waals surface area contributed by atoms with Crippen molar-refractivity contribution in [1.29, 1.82) is 0 Å². The zero-order valence-electron chi connectivity index (χ0n) is 23.2. The third kappa shape index (κ3) is 6.24. The van der Waals surface area contributed by atoms with Gasteiger partial charge < -0.3 is 10.1 Å². The molecule has 5 aromatic rings. The molecule has 0 aliphatic carbocycles. The molecule has 5 aromatic carbocycles. The molecular weight excluding hydrogens is 548 g/mol. The molecule has 0 spiro atoms. The van der Waals surface area contributed by atoms with E-state index in [2.05, 4.69) is 41.7 Å². The van der Waals surface area contributed by atoms with Crippen molar-refractivity contribution in [1.82, 2.24) is 5.32 Å². The molecule has 42 heavy (non-hydrogen) atoms. The SMILES string of the molecule is CCC(NC(=O)CSC(c1ccccc1)(c1ccccc1)c1ccccc1)c1ccc(F)c(Oc2ccccc2)c1F. The van der Waals surface area contributed by atoms with E-state index in [-0.39, 0.29) is 17.2 Å². The van der Waals surface area contributed by atoms with Crippen LogP contribution in [0.1, 0.15) is 41.6 Å². The Morgan fingerprint density at radius 2 is 1.21 bits per heavy atom. The molecule has 0 aliphatic rings. The predicted molar refractivity (Wildman–Crippen MR) is 166 cm³/mol. The Hall–Kier alpha value is -4.42. The number of carbonyl (C=O) groups is 1. The molecule has 1 amide bonds. The zero-order valence-corrected chi connectivity index (χ0v) is 24.0. The number of halogens is 2. The fourth-order valence-electron chi connectivity index (χ4n) is 5.09. The molecule has 5 rings (SSSR count). The average Bonchev–Trinajstić information content (AvgIpc) is 3.04. The molecule has 0 radical (unpaired) electrons. The highest BCUT2D eigenvalue weighted by molar-refractivity contribution is 8.01. The second-order valence-corrected chi connectivity index (χ2v) is 11.0. The minimum atomic E-state index is -0.828. The number of hydrogen-bond donors (Lipinski definition) is 1. The molecule has 1 atom stereocenters. The Morgan fingerprint density at radius 1 is 0.738 bits per heavy atom. The topological polar surface area (TPSA) is 38.3 Å². The molecule has 0 aromatic heterocycles. The first-order chi connectivity index (χ1) is 20.5. The average molecular weight is 580 g/mol. The first kappa shape index (κ1) is 29.1. The van der Waals surface area contributed by atoms with Gasteiger partial charge in [-0.3, -0.25) is 4.79 Å². The minimum absolute atomic E-state index is 0.103. The van der Waals surface area contributed by atoms with Gasteiger partial charge in [-0.1, -0.05) is 122 Å². The van der Waals surface area contributed by atoms with Gasteiger partial charge in [-0.2, -0.15) is 0 Å². The Bertz CT molecular complexity index is 1500. The van der Waals surface area contributed by atoms with Crippen LogP contribution in [0.15, 0.2) is 133 Å². The van der Waals surface area contributed by atoms with E-state index in [1.807, 2.05) is 61.5 Å². The quantitative estimate of drug-likeness (QED) is 0.159. The number of nitrogens with one attached hydrogen (secondary N) is 1. The van der Waals surface area contributed by atoms with Crippen LogP contribution in [0.4, 0.5) is 8.78 Å². The molecule has 0 heterocycles. The van der Waals surface area contributed by atoms with Gasteiger partial charge in [0.15, 0.2) is 17.4 Å². The standard InChI is InChI=1S/C36H31F2NO2S/c1-2-32(30-23-24-31(37)35(34(30)38)41-29-21-13-6-14-22-29)39-33(40)25-42-36(26-15-7-3-8-16-26,27-17-9-4-10-18-27)28-19-11-5-12-20-28/h3-24,32H,2,25H2,1H3,(H,39,40). The largest absolute Gasteiger partial charge is 0.451 e. The van der Waals surface area contributed by atoms with Crippen LogP contribution in [-0.2, 0) is 9.54 Å². The lowest BCUT2D eigenvalue weighted by molar-refractivity contribution is -0.119. The summed E-state index contributed by atoms with van der Waals surface area (Å²) in [5, 5.41) is 2.98. The highest BCUT2D eigenvalue weighted by Crippen LogP contribution is 2.48. The van der Waals surface area contributed by atoms with Crippen LogP contribution in [-0.4, -0.2) is 11.7 Å². The van der Waals surface area contributed by atoms with Crippen molar-refractivity contribution < 1.29 is 18.3 Å². The highest BCUT2D eigenvalue weighted by Gasteiger charge is 2.37. The molecule has 0 bridgehead atoms. The van der Waals surface area contributed by atoms with Gasteiger partial charge in [0.2, 0.25) is 5.91 Å². The Balaban J connectivity index is 1.43. The summed E-state index contributed by atoms with van der Waals surface area (Å²) in [6.07, 6.45) is 0.408. The first-order valence-electron chi connectivity index (χ1n) is 13.8. The Kier molecular flexibility index (Phi) is 9.35. The van der Waals surface area contributed by atoms with Gasteiger partial charge >= 0.3 is 0 Å². The maximum absolute atomic E-state index is 15.6. The van der Waals surface area contributed by atoms with E-state index in [0.29, 0.717) is 12.2 Å². The van der Waals surface area contributed by atoms with E-state index in [4.69, 9.17) is 4.74 Å². The maximum Gasteiger partial charge on any atom is 0.230 e. The van der Waals surface area contributed by atoms with Gasteiger partial charge in [-0.05, 0) is 41.3 Å². The van der Waals surface area contributed by atoms with Gasteiger partial charge in [0.25, 0.3) is 0 Å². The summed E-state index contributed by atoms with van der Waals surface area (Å²) in [7, 11) is 0. The molecular formula is C36H31F2NO2S. The molecule has 1 N–H and O–H groups in total. The second-order valence-electron chi connectivity index (χ2n) is 9.79. The minimum Gasteiger partial charge on any atom is -0.451 e. The molecule has 6 heteroatoms. The summed E-state index contributed by atoms with van der Waals surface area (Å²) in [4.78, 5) is 13.5. The Morgan fingerprint density at radius 3 is 1.69 bits per heavy atom. The third-order valence-electron chi connectivity index (χ3n) is 7.12. The smallest absolute Gasteiger partial charge is 0.230 e. The molecule has 3 nitrogen and oxygen atoms in total. The first-order valence-corrected chi connectivity index (χ1v) is 14.8. The van der Waals surface area contributed by atoms with E-state index in [0.717, 1.165) is 16.7 Å². The number of hydrogen-bond acceptors (Lipinski definition) is 3. The van der Waals surface area contributed by atoms with Gasteiger partial charge in [0, 0.05) is 5.56 Å². The van der Waals surface area contributed by atoms with Crippen LogP contribution in [0, 0.1) is 11.6 Å². The zero-order chi connectivity index (χ0) is 29.4. The molecule has 0 fully saturated rings. The number of benzene rings is 5. The number of carbonyl (C=O) groups excluding carboxylic acids is 1. The summed E-state index contributed by atoms with van der Waals surface area (Å²) in [6, 6.07) is 40.7.